The molecule has 1 aromatic heterocycles. The van der Waals surface area contributed by atoms with Crippen molar-refractivity contribution in [3.8, 4) is 0 Å². The number of halogens is 1. The highest BCUT2D eigenvalue weighted by Crippen LogP contribution is 2.13. The highest BCUT2D eigenvalue weighted by Gasteiger charge is 2.13. The first kappa shape index (κ1) is 10.7. The summed E-state index contributed by atoms with van der Waals surface area (Å²) in [5.41, 5.74) is 0.415. The van der Waals surface area contributed by atoms with Crippen LogP contribution in [0.5, 0.6) is 0 Å². The van der Waals surface area contributed by atoms with E-state index in [1.54, 1.807) is 31.5 Å². The van der Waals surface area contributed by atoms with Crippen molar-refractivity contribution >= 4 is 17.5 Å². The Morgan fingerprint density at radius 2 is 2.50 bits per heavy atom. The molecule has 0 bridgehead atoms. The fourth-order valence-corrected chi connectivity index (χ4v) is 1.23. The van der Waals surface area contributed by atoms with Crippen LogP contribution >= 0.6 is 11.6 Å². The lowest BCUT2D eigenvalue weighted by Gasteiger charge is -2.14. The lowest BCUT2D eigenvalue weighted by Crippen LogP contribution is -2.27. The Hall–Kier alpha value is -1.35. The number of hydrogen-bond donors (Lipinski definition) is 0. The number of hydrogen-bond acceptors (Lipinski definition) is 2. The molecule has 4 heteroatoms. The number of carbonyl (C=O) groups is 1. The van der Waals surface area contributed by atoms with Gasteiger partial charge in [-0.1, -0.05) is 17.7 Å². The first-order valence-corrected chi connectivity index (χ1v) is 4.51. The smallest absolute Gasteiger partial charge is 0.257 e. The molecule has 0 spiro atoms. The minimum absolute atomic E-state index is 0.150. The maximum atomic E-state index is 11.7. The molecular formula is C10H11ClN2O. The molecule has 14 heavy (non-hydrogen) atoms. The van der Waals surface area contributed by atoms with Gasteiger partial charge in [0, 0.05) is 19.8 Å². The standard InChI is InChI=1S/C10H11ClN2O/c1-3-7-13(2)10(14)8-5-4-6-12-9(8)11/h3-6H,1,7H2,2H3. The Morgan fingerprint density at radius 3 is 3.07 bits per heavy atom. The van der Waals surface area contributed by atoms with Crippen LogP contribution in [0.3, 0.4) is 0 Å². The zero-order valence-electron chi connectivity index (χ0n) is 7.90. The van der Waals surface area contributed by atoms with Gasteiger partial charge in [-0.2, -0.15) is 0 Å². The van der Waals surface area contributed by atoms with Gasteiger partial charge in [0.1, 0.15) is 5.15 Å². The third kappa shape index (κ3) is 2.33. The lowest BCUT2D eigenvalue weighted by molar-refractivity contribution is 0.0810. The van der Waals surface area contributed by atoms with E-state index in [4.69, 9.17) is 11.6 Å². The average molecular weight is 211 g/mol. The number of rotatable bonds is 3. The van der Waals surface area contributed by atoms with E-state index in [1.165, 1.54) is 4.90 Å². The monoisotopic (exact) mass is 210 g/mol. The van der Waals surface area contributed by atoms with Crippen LogP contribution in [0.15, 0.2) is 31.0 Å². The van der Waals surface area contributed by atoms with Crippen LogP contribution in [-0.2, 0) is 0 Å². The third-order valence-corrected chi connectivity index (χ3v) is 2.04. The first-order valence-electron chi connectivity index (χ1n) is 4.13. The topological polar surface area (TPSA) is 33.2 Å². The van der Waals surface area contributed by atoms with Gasteiger partial charge in [0.15, 0.2) is 0 Å². The number of nitrogens with zero attached hydrogens (tertiary/aromatic N) is 2. The van der Waals surface area contributed by atoms with Gasteiger partial charge in [0.2, 0.25) is 0 Å². The van der Waals surface area contributed by atoms with Gasteiger partial charge in [-0.3, -0.25) is 4.79 Å². The molecule has 0 aliphatic carbocycles. The second-order valence-corrected chi connectivity index (χ2v) is 3.17. The molecule has 0 atom stereocenters. The summed E-state index contributed by atoms with van der Waals surface area (Å²) in [6, 6.07) is 3.33. The molecule has 0 aromatic carbocycles. The van der Waals surface area contributed by atoms with Gasteiger partial charge in [0.25, 0.3) is 5.91 Å². The van der Waals surface area contributed by atoms with E-state index in [1.807, 2.05) is 0 Å². The number of likely N-dealkylation sites (N-methyl/N-ethyl adjacent to an activating group) is 1. The number of carbonyl (C=O) groups excluding carboxylic acids is 1. The fourth-order valence-electron chi connectivity index (χ4n) is 1.03. The van der Waals surface area contributed by atoms with Crippen molar-refractivity contribution in [2.24, 2.45) is 0 Å². The van der Waals surface area contributed by atoms with Crippen molar-refractivity contribution in [1.82, 2.24) is 9.88 Å². The fraction of sp³-hybridized carbons (Fsp3) is 0.200. The molecule has 0 radical (unpaired) electrons. The van der Waals surface area contributed by atoms with Crippen LogP contribution in [0.4, 0.5) is 0 Å². The van der Waals surface area contributed by atoms with Crippen molar-refractivity contribution in [2.75, 3.05) is 13.6 Å². The van der Waals surface area contributed by atoms with Crippen molar-refractivity contribution in [1.29, 1.82) is 0 Å². The zero-order chi connectivity index (χ0) is 10.6. The maximum absolute atomic E-state index is 11.7. The second kappa shape index (κ2) is 4.77. The molecule has 0 N–H and O–H groups in total. The first-order chi connectivity index (χ1) is 6.66. The zero-order valence-corrected chi connectivity index (χ0v) is 8.66. The number of pyridine rings is 1. The Bertz CT molecular complexity index is 352. The molecule has 1 amide bonds. The number of amides is 1. The van der Waals surface area contributed by atoms with Gasteiger partial charge < -0.3 is 4.90 Å². The molecule has 0 saturated heterocycles. The van der Waals surface area contributed by atoms with Crippen molar-refractivity contribution < 1.29 is 4.79 Å². The highest BCUT2D eigenvalue weighted by molar-refractivity contribution is 6.32. The summed E-state index contributed by atoms with van der Waals surface area (Å²) in [6.07, 6.45) is 3.20. The maximum Gasteiger partial charge on any atom is 0.257 e. The van der Waals surface area contributed by atoms with E-state index >= 15 is 0 Å². The predicted molar refractivity (Wildman–Crippen MR) is 56.4 cm³/mol. The van der Waals surface area contributed by atoms with Crippen LogP contribution in [-0.4, -0.2) is 29.4 Å². The van der Waals surface area contributed by atoms with Crippen LogP contribution in [0.1, 0.15) is 10.4 Å². The van der Waals surface area contributed by atoms with Crippen molar-refractivity contribution in [3.05, 3.63) is 41.7 Å². The van der Waals surface area contributed by atoms with Crippen LogP contribution in [0.25, 0.3) is 0 Å². The Kier molecular flexibility index (Phi) is 3.65. The molecule has 0 aliphatic rings. The van der Waals surface area contributed by atoms with Gasteiger partial charge in [-0.15, -0.1) is 6.58 Å². The summed E-state index contributed by atoms with van der Waals surface area (Å²) >= 11 is 5.78. The van der Waals surface area contributed by atoms with Gasteiger partial charge in [0.05, 0.1) is 5.56 Å². The molecule has 0 saturated carbocycles. The normalized spacial score (nSPS) is 9.57. The summed E-state index contributed by atoms with van der Waals surface area (Å²) in [5, 5.41) is 0.230. The quantitative estimate of drug-likeness (QED) is 0.565. The molecule has 1 heterocycles. The van der Waals surface area contributed by atoms with Crippen molar-refractivity contribution in [3.63, 3.8) is 0 Å². The van der Waals surface area contributed by atoms with Gasteiger partial charge >= 0.3 is 0 Å². The molecule has 0 fully saturated rings. The van der Waals surface area contributed by atoms with E-state index < -0.39 is 0 Å². The second-order valence-electron chi connectivity index (χ2n) is 2.82. The van der Waals surface area contributed by atoms with Gasteiger partial charge in [-0.25, -0.2) is 4.98 Å². The molecule has 74 valence electrons. The summed E-state index contributed by atoms with van der Waals surface area (Å²) in [5.74, 6) is -0.150. The third-order valence-electron chi connectivity index (χ3n) is 1.74. The molecule has 3 nitrogen and oxygen atoms in total. The molecule has 1 rings (SSSR count). The Morgan fingerprint density at radius 1 is 1.79 bits per heavy atom. The largest absolute Gasteiger partial charge is 0.338 e. The molecular weight excluding hydrogens is 200 g/mol. The Balaban J connectivity index is 2.89. The van der Waals surface area contributed by atoms with Crippen LogP contribution in [0.2, 0.25) is 5.15 Å². The minimum Gasteiger partial charge on any atom is -0.338 e. The molecule has 0 aliphatic heterocycles. The van der Waals surface area contributed by atoms with Crippen LogP contribution in [0, 0.1) is 0 Å². The summed E-state index contributed by atoms with van der Waals surface area (Å²) in [7, 11) is 1.69. The predicted octanol–water partition coefficient (Wildman–Crippen LogP) is 1.99. The van der Waals surface area contributed by atoms with E-state index in [0.29, 0.717) is 12.1 Å². The Labute approximate surface area is 88.0 Å². The van der Waals surface area contributed by atoms with E-state index in [2.05, 4.69) is 11.6 Å². The SMILES string of the molecule is C=CCN(C)C(=O)c1cccnc1Cl. The highest BCUT2D eigenvalue weighted by atomic mass is 35.5. The van der Waals surface area contributed by atoms with Crippen LogP contribution < -0.4 is 0 Å². The average Bonchev–Trinajstić information content (AvgIpc) is 2.18. The van der Waals surface area contributed by atoms with Gasteiger partial charge in [-0.05, 0) is 12.1 Å². The molecule has 0 unspecified atom stereocenters. The molecule has 1 aromatic rings. The summed E-state index contributed by atoms with van der Waals surface area (Å²) in [4.78, 5) is 17.1. The summed E-state index contributed by atoms with van der Waals surface area (Å²) in [6.45, 7) is 4.05. The minimum atomic E-state index is -0.150. The summed E-state index contributed by atoms with van der Waals surface area (Å²) < 4.78 is 0. The lowest BCUT2D eigenvalue weighted by atomic mass is 10.2. The number of aromatic nitrogens is 1. The van der Waals surface area contributed by atoms with E-state index in [-0.39, 0.29) is 11.1 Å². The van der Waals surface area contributed by atoms with E-state index in [9.17, 15) is 4.79 Å². The van der Waals surface area contributed by atoms with E-state index in [0.717, 1.165) is 0 Å². The van der Waals surface area contributed by atoms with Crippen molar-refractivity contribution in [2.45, 2.75) is 0 Å².